The molecular formula is C34H43N3O5. The number of ether oxygens (including phenoxy) is 1. The van der Waals surface area contributed by atoms with Crippen LogP contribution < -0.4 is 10.6 Å². The molecule has 0 aliphatic carbocycles. The van der Waals surface area contributed by atoms with E-state index in [1.165, 1.54) is 12.1 Å². The molecule has 0 aromatic heterocycles. The standard InChI is InChI=1S/C34H43N3O5/c1-22(2)37(32(40)29(36-33(41)42-34(5,6)7)20-25-14-16-27(38)17-15-25)30(28-18-13-23(3)19-24(28)4)31(39)35-21-26-11-9-8-10-12-26/h8-19,22,29-30,38H,20-21H2,1-7H3,(H,35,39)(H,36,41). The van der Waals surface area contributed by atoms with E-state index in [9.17, 15) is 19.5 Å². The molecule has 3 N–H and O–H groups in total. The fraction of sp³-hybridized carbons (Fsp3) is 0.382. The average molecular weight is 574 g/mol. The number of phenolic OH excluding ortho intramolecular Hbond substituents is 1. The number of carbonyl (C=O) groups excluding carboxylic acids is 3. The zero-order chi connectivity index (χ0) is 31.0. The van der Waals surface area contributed by atoms with Crippen LogP contribution in [0.3, 0.4) is 0 Å². The van der Waals surface area contributed by atoms with Gasteiger partial charge in [0.15, 0.2) is 0 Å². The van der Waals surface area contributed by atoms with Gasteiger partial charge in [-0.2, -0.15) is 0 Å². The van der Waals surface area contributed by atoms with Crippen LogP contribution in [-0.4, -0.2) is 45.6 Å². The molecule has 0 heterocycles. The summed E-state index contributed by atoms with van der Waals surface area (Å²) >= 11 is 0. The molecule has 0 fully saturated rings. The van der Waals surface area contributed by atoms with Crippen LogP contribution in [0.15, 0.2) is 72.8 Å². The van der Waals surface area contributed by atoms with Gasteiger partial charge in [-0.3, -0.25) is 9.59 Å². The summed E-state index contributed by atoms with van der Waals surface area (Å²) in [6, 6.07) is 19.4. The predicted octanol–water partition coefficient (Wildman–Crippen LogP) is 5.74. The summed E-state index contributed by atoms with van der Waals surface area (Å²) in [5, 5.41) is 15.5. The number of amides is 3. The van der Waals surface area contributed by atoms with E-state index in [0.29, 0.717) is 12.1 Å². The summed E-state index contributed by atoms with van der Waals surface area (Å²) in [4.78, 5) is 42.9. The number of aromatic hydroxyl groups is 1. The Morgan fingerprint density at radius 1 is 0.905 bits per heavy atom. The van der Waals surface area contributed by atoms with Crippen LogP contribution in [0.2, 0.25) is 0 Å². The molecule has 3 aromatic rings. The summed E-state index contributed by atoms with van der Waals surface area (Å²) in [7, 11) is 0. The fourth-order valence-corrected chi connectivity index (χ4v) is 4.81. The average Bonchev–Trinajstić information content (AvgIpc) is 2.90. The zero-order valence-corrected chi connectivity index (χ0v) is 25.6. The highest BCUT2D eigenvalue weighted by Crippen LogP contribution is 2.29. The van der Waals surface area contributed by atoms with Gasteiger partial charge in [-0.15, -0.1) is 0 Å². The third-order valence-corrected chi connectivity index (χ3v) is 6.73. The highest BCUT2D eigenvalue weighted by molar-refractivity contribution is 5.92. The Balaban J connectivity index is 2.04. The van der Waals surface area contributed by atoms with E-state index in [1.807, 2.05) is 76.2 Å². The molecule has 8 nitrogen and oxygen atoms in total. The quantitative estimate of drug-likeness (QED) is 0.287. The smallest absolute Gasteiger partial charge is 0.408 e. The van der Waals surface area contributed by atoms with Gasteiger partial charge in [-0.25, -0.2) is 4.79 Å². The third kappa shape index (κ3) is 9.09. The maximum Gasteiger partial charge on any atom is 0.408 e. The zero-order valence-electron chi connectivity index (χ0n) is 25.6. The normalized spacial score (nSPS) is 12.8. The molecule has 0 aliphatic rings. The van der Waals surface area contributed by atoms with Crippen molar-refractivity contribution in [3.63, 3.8) is 0 Å². The molecule has 224 valence electrons. The van der Waals surface area contributed by atoms with Gasteiger partial charge in [-0.05, 0) is 82.9 Å². The predicted molar refractivity (Wildman–Crippen MR) is 164 cm³/mol. The van der Waals surface area contributed by atoms with Crippen molar-refractivity contribution in [2.24, 2.45) is 0 Å². The Kier molecular flexibility index (Phi) is 10.8. The minimum Gasteiger partial charge on any atom is -0.508 e. The molecule has 0 radical (unpaired) electrons. The first kappa shape index (κ1) is 32.2. The second kappa shape index (κ2) is 14.0. The van der Waals surface area contributed by atoms with Crippen molar-refractivity contribution >= 4 is 17.9 Å². The Labute approximate surface area is 249 Å². The molecule has 3 rings (SSSR count). The maximum absolute atomic E-state index is 14.5. The minimum atomic E-state index is -1.04. The van der Waals surface area contributed by atoms with Gasteiger partial charge in [0.05, 0.1) is 0 Å². The molecule has 0 saturated carbocycles. The topological polar surface area (TPSA) is 108 Å². The summed E-state index contributed by atoms with van der Waals surface area (Å²) in [5.41, 5.74) is 3.51. The minimum absolute atomic E-state index is 0.0931. The van der Waals surface area contributed by atoms with Crippen LogP contribution in [0, 0.1) is 13.8 Å². The molecule has 2 unspecified atom stereocenters. The number of rotatable bonds is 10. The van der Waals surface area contributed by atoms with Gasteiger partial charge in [0.2, 0.25) is 11.8 Å². The molecule has 0 spiro atoms. The number of phenols is 1. The molecule has 8 heteroatoms. The number of carbonyl (C=O) groups is 3. The van der Waals surface area contributed by atoms with Gasteiger partial charge in [-0.1, -0.05) is 66.2 Å². The summed E-state index contributed by atoms with van der Waals surface area (Å²) < 4.78 is 5.49. The Morgan fingerprint density at radius 2 is 1.55 bits per heavy atom. The number of benzene rings is 3. The highest BCUT2D eigenvalue weighted by Gasteiger charge is 2.38. The molecular weight excluding hydrogens is 530 g/mol. The van der Waals surface area contributed by atoms with E-state index in [1.54, 1.807) is 37.8 Å². The first-order valence-electron chi connectivity index (χ1n) is 14.2. The Hall–Kier alpha value is -4.33. The molecule has 2 atom stereocenters. The van der Waals surface area contributed by atoms with Crippen LogP contribution >= 0.6 is 0 Å². The Bertz CT molecular complexity index is 1360. The lowest BCUT2D eigenvalue weighted by atomic mass is 9.94. The number of aryl methyl sites for hydroxylation is 2. The van der Waals surface area contributed by atoms with E-state index in [2.05, 4.69) is 10.6 Å². The molecule has 0 bridgehead atoms. The van der Waals surface area contributed by atoms with Gasteiger partial charge >= 0.3 is 6.09 Å². The second-order valence-electron chi connectivity index (χ2n) is 11.9. The molecule has 42 heavy (non-hydrogen) atoms. The molecule has 0 saturated heterocycles. The number of nitrogens with zero attached hydrogens (tertiary/aromatic N) is 1. The van der Waals surface area contributed by atoms with Crippen LogP contribution in [0.5, 0.6) is 5.75 Å². The third-order valence-electron chi connectivity index (χ3n) is 6.73. The van der Waals surface area contributed by atoms with Gasteiger partial charge in [0, 0.05) is 19.0 Å². The number of nitrogens with one attached hydrogen (secondary N) is 2. The number of alkyl carbamates (subject to hydrolysis) is 1. The SMILES string of the molecule is Cc1ccc(C(C(=O)NCc2ccccc2)N(C(=O)C(Cc2ccc(O)cc2)NC(=O)OC(C)(C)C)C(C)C)c(C)c1. The molecule has 3 amide bonds. The van der Waals surface area contributed by atoms with Crippen molar-refractivity contribution in [2.75, 3.05) is 0 Å². The van der Waals surface area contributed by atoms with Gasteiger partial charge in [0.1, 0.15) is 23.4 Å². The van der Waals surface area contributed by atoms with Crippen molar-refractivity contribution in [1.29, 1.82) is 0 Å². The Morgan fingerprint density at radius 3 is 2.12 bits per heavy atom. The number of hydrogen-bond donors (Lipinski definition) is 3. The van der Waals surface area contributed by atoms with E-state index in [0.717, 1.165) is 22.3 Å². The van der Waals surface area contributed by atoms with Crippen LogP contribution in [0.25, 0.3) is 0 Å². The highest BCUT2D eigenvalue weighted by atomic mass is 16.6. The van der Waals surface area contributed by atoms with Gasteiger partial charge < -0.3 is 25.4 Å². The van der Waals surface area contributed by atoms with Crippen molar-refractivity contribution in [1.82, 2.24) is 15.5 Å². The lowest BCUT2D eigenvalue weighted by Gasteiger charge is -2.38. The van der Waals surface area contributed by atoms with Crippen LogP contribution in [0.1, 0.15) is 68.5 Å². The molecule has 3 aromatic carbocycles. The first-order valence-corrected chi connectivity index (χ1v) is 14.2. The van der Waals surface area contributed by atoms with Crippen LogP contribution in [-0.2, 0) is 27.3 Å². The first-order chi connectivity index (χ1) is 19.7. The molecule has 0 aliphatic heterocycles. The maximum atomic E-state index is 14.5. The largest absolute Gasteiger partial charge is 0.508 e. The van der Waals surface area contributed by atoms with Crippen molar-refractivity contribution in [2.45, 2.75) is 85.2 Å². The summed E-state index contributed by atoms with van der Waals surface area (Å²) in [6.07, 6.45) is -0.604. The lowest BCUT2D eigenvalue weighted by Crippen LogP contribution is -2.55. The van der Waals surface area contributed by atoms with E-state index >= 15 is 0 Å². The number of hydrogen-bond acceptors (Lipinski definition) is 5. The monoisotopic (exact) mass is 573 g/mol. The fourth-order valence-electron chi connectivity index (χ4n) is 4.81. The van der Waals surface area contributed by atoms with Crippen LogP contribution in [0.4, 0.5) is 4.79 Å². The van der Waals surface area contributed by atoms with Crippen molar-refractivity contribution in [3.05, 3.63) is 101 Å². The second-order valence-corrected chi connectivity index (χ2v) is 11.9. The summed E-state index contributed by atoms with van der Waals surface area (Å²) in [5.74, 6) is -0.659. The van der Waals surface area contributed by atoms with Crippen molar-refractivity contribution < 1.29 is 24.2 Å². The summed E-state index contributed by atoms with van der Waals surface area (Å²) in [6.45, 7) is 13.1. The van der Waals surface area contributed by atoms with Gasteiger partial charge in [0.25, 0.3) is 0 Å². The van der Waals surface area contributed by atoms with Crippen molar-refractivity contribution in [3.8, 4) is 5.75 Å². The van der Waals surface area contributed by atoms with E-state index < -0.39 is 35.7 Å². The van der Waals surface area contributed by atoms with E-state index in [-0.39, 0.29) is 18.1 Å². The lowest BCUT2D eigenvalue weighted by molar-refractivity contribution is -0.144. The van der Waals surface area contributed by atoms with E-state index in [4.69, 9.17) is 4.74 Å².